The number of thiocarbonyl (C=S) groups is 1. The lowest BCUT2D eigenvalue weighted by Crippen LogP contribution is -2.54. The standard InChI is InChI=1S/C10H20N2S/c1-3-12(4-2)10(9(11)13)7-5-6-8-10/h3-8H2,1-2H3,(H2,11,13). The number of rotatable bonds is 4. The number of nitrogens with two attached hydrogens (primary N) is 1. The van der Waals surface area contributed by atoms with Gasteiger partial charge in [-0.2, -0.15) is 0 Å². The Labute approximate surface area is 86.5 Å². The molecule has 2 nitrogen and oxygen atoms in total. The first-order chi connectivity index (χ1) is 6.17. The molecule has 3 heteroatoms. The Bertz CT molecular complexity index is 181. The van der Waals surface area contributed by atoms with Crippen LogP contribution in [0.4, 0.5) is 0 Å². The molecular formula is C10H20N2S. The highest BCUT2D eigenvalue weighted by atomic mass is 32.1. The average molecular weight is 200 g/mol. The summed E-state index contributed by atoms with van der Waals surface area (Å²) in [6, 6.07) is 0. The quantitative estimate of drug-likeness (QED) is 0.703. The van der Waals surface area contributed by atoms with E-state index in [4.69, 9.17) is 18.0 Å². The van der Waals surface area contributed by atoms with Crippen LogP contribution in [0.25, 0.3) is 0 Å². The van der Waals surface area contributed by atoms with E-state index < -0.39 is 0 Å². The monoisotopic (exact) mass is 200 g/mol. The number of hydrogen-bond donors (Lipinski definition) is 1. The lowest BCUT2D eigenvalue weighted by atomic mass is 9.95. The highest BCUT2D eigenvalue weighted by Gasteiger charge is 2.40. The van der Waals surface area contributed by atoms with Crippen LogP contribution in [0, 0.1) is 0 Å². The minimum atomic E-state index is 0.0544. The zero-order valence-corrected chi connectivity index (χ0v) is 9.49. The van der Waals surface area contributed by atoms with E-state index in [1.807, 2.05) is 0 Å². The van der Waals surface area contributed by atoms with Crippen LogP contribution >= 0.6 is 12.2 Å². The third kappa shape index (κ3) is 1.86. The fourth-order valence-corrected chi connectivity index (χ4v) is 2.84. The minimum Gasteiger partial charge on any atom is -0.392 e. The van der Waals surface area contributed by atoms with E-state index >= 15 is 0 Å². The zero-order valence-electron chi connectivity index (χ0n) is 8.68. The Morgan fingerprint density at radius 1 is 1.31 bits per heavy atom. The molecule has 1 aliphatic rings. The van der Waals surface area contributed by atoms with Gasteiger partial charge in [0.25, 0.3) is 0 Å². The van der Waals surface area contributed by atoms with Gasteiger partial charge in [-0.05, 0) is 25.9 Å². The maximum atomic E-state index is 5.87. The molecule has 0 heterocycles. The van der Waals surface area contributed by atoms with Crippen molar-refractivity contribution < 1.29 is 0 Å². The van der Waals surface area contributed by atoms with Crippen LogP contribution in [-0.2, 0) is 0 Å². The van der Waals surface area contributed by atoms with E-state index in [-0.39, 0.29) is 5.54 Å². The van der Waals surface area contributed by atoms with Gasteiger partial charge < -0.3 is 5.73 Å². The van der Waals surface area contributed by atoms with Crippen molar-refractivity contribution in [2.45, 2.75) is 45.1 Å². The SMILES string of the molecule is CCN(CC)C1(C(N)=S)CCCC1. The van der Waals surface area contributed by atoms with E-state index in [0.29, 0.717) is 4.99 Å². The molecule has 13 heavy (non-hydrogen) atoms. The van der Waals surface area contributed by atoms with Gasteiger partial charge in [0, 0.05) is 0 Å². The maximum absolute atomic E-state index is 5.87. The third-order valence-corrected chi connectivity index (χ3v) is 3.64. The van der Waals surface area contributed by atoms with Crippen molar-refractivity contribution in [1.29, 1.82) is 0 Å². The molecule has 0 aromatic carbocycles. The van der Waals surface area contributed by atoms with Crippen molar-refractivity contribution >= 4 is 17.2 Å². The maximum Gasteiger partial charge on any atom is 0.0933 e. The summed E-state index contributed by atoms with van der Waals surface area (Å²) in [4.78, 5) is 3.12. The summed E-state index contributed by atoms with van der Waals surface area (Å²) in [5.41, 5.74) is 5.93. The fourth-order valence-electron chi connectivity index (χ4n) is 2.51. The van der Waals surface area contributed by atoms with Gasteiger partial charge in [0.1, 0.15) is 0 Å². The first kappa shape index (κ1) is 10.9. The second-order valence-electron chi connectivity index (χ2n) is 3.78. The summed E-state index contributed by atoms with van der Waals surface area (Å²) >= 11 is 5.21. The molecule has 0 aromatic heterocycles. The Hall–Kier alpha value is -0.150. The van der Waals surface area contributed by atoms with E-state index in [1.165, 1.54) is 12.8 Å². The van der Waals surface area contributed by atoms with Crippen LogP contribution in [0.15, 0.2) is 0 Å². The first-order valence-electron chi connectivity index (χ1n) is 5.22. The van der Waals surface area contributed by atoms with Gasteiger partial charge in [0.2, 0.25) is 0 Å². The number of nitrogens with zero attached hydrogens (tertiary/aromatic N) is 1. The Morgan fingerprint density at radius 3 is 2.08 bits per heavy atom. The lowest BCUT2D eigenvalue weighted by Gasteiger charge is -2.39. The molecule has 1 saturated carbocycles. The molecule has 1 fully saturated rings. The van der Waals surface area contributed by atoms with Crippen LogP contribution in [0.3, 0.4) is 0 Å². The van der Waals surface area contributed by atoms with Crippen molar-refractivity contribution in [2.75, 3.05) is 13.1 Å². The summed E-state index contributed by atoms with van der Waals surface area (Å²) in [6.45, 7) is 6.46. The normalized spacial score (nSPS) is 20.8. The van der Waals surface area contributed by atoms with Crippen molar-refractivity contribution in [1.82, 2.24) is 4.90 Å². The lowest BCUT2D eigenvalue weighted by molar-refractivity contribution is 0.170. The molecule has 0 aromatic rings. The van der Waals surface area contributed by atoms with Gasteiger partial charge in [-0.25, -0.2) is 0 Å². The molecule has 0 aliphatic heterocycles. The minimum absolute atomic E-state index is 0.0544. The number of hydrogen-bond acceptors (Lipinski definition) is 2. The Balaban J connectivity index is 2.82. The molecule has 0 spiro atoms. The summed E-state index contributed by atoms with van der Waals surface area (Å²) in [6.07, 6.45) is 4.86. The molecule has 0 bridgehead atoms. The molecule has 1 aliphatic carbocycles. The van der Waals surface area contributed by atoms with E-state index in [9.17, 15) is 0 Å². The molecule has 0 saturated heterocycles. The van der Waals surface area contributed by atoms with E-state index in [1.54, 1.807) is 0 Å². The topological polar surface area (TPSA) is 29.3 Å². The predicted octanol–water partition coefficient (Wildman–Crippen LogP) is 1.93. The third-order valence-electron chi connectivity index (χ3n) is 3.26. The smallest absolute Gasteiger partial charge is 0.0933 e. The highest BCUT2D eigenvalue weighted by molar-refractivity contribution is 7.80. The van der Waals surface area contributed by atoms with Gasteiger partial charge in [-0.3, -0.25) is 4.90 Å². The van der Waals surface area contributed by atoms with Crippen molar-refractivity contribution in [3.8, 4) is 0 Å². The molecule has 0 amide bonds. The molecule has 0 radical (unpaired) electrons. The van der Waals surface area contributed by atoms with Gasteiger partial charge in [-0.1, -0.05) is 38.9 Å². The molecular weight excluding hydrogens is 180 g/mol. The van der Waals surface area contributed by atoms with Gasteiger partial charge in [0.15, 0.2) is 0 Å². The van der Waals surface area contributed by atoms with Crippen molar-refractivity contribution in [3.05, 3.63) is 0 Å². The number of likely N-dealkylation sites (N-methyl/N-ethyl adjacent to an activating group) is 1. The Kier molecular flexibility index (Phi) is 3.68. The Morgan fingerprint density at radius 2 is 1.77 bits per heavy atom. The molecule has 76 valence electrons. The van der Waals surface area contributed by atoms with E-state index in [0.717, 1.165) is 25.9 Å². The second-order valence-corrected chi connectivity index (χ2v) is 4.22. The van der Waals surface area contributed by atoms with Gasteiger partial charge in [0.05, 0.1) is 10.5 Å². The summed E-state index contributed by atoms with van der Waals surface area (Å²) < 4.78 is 0. The van der Waals surface area contributed by atoms with Gasteiger partial charge >= 0.3 is 0 Å². The predicted molar refractivity (Wildman–Crippen MR) is 60.9 cm³/mol. The van der Waals surface area contributed by atoms with Gasteiger partial charge in [-0.15, -0.1) is 0 Å². The van der Waals surface area contributed by atoms with Crippen LogP contribution in [0.2, 0.25) is 0 Å². The molecule has 0 unspecified atom stereocenters. The summed E-state index contributed by atoms with van der Waals surface area (Å²) in [5, 5.41) is 0. The van der Waals surface area contributed by atoms with E-state index in [2.05, 4.69) is 18.7 Å². The van der Waals surface area contributed by atoms with Crippen molar-refractivity contribution in [2.24, 2.45) is 5.73 Å². The average Bonchev–Trinajstić information content (AvgIpc) is 2.56. The molecule has 0 atom stereocenters. The van der Waals surface area contributed by atoms with Crippen LogP contribution in [-0.4, -0.2) is 28.5 Å². The molecule has 1 rings (SSSR count). The molecule has 2 N–H and O–H groups in total. The summed E-state index contributed by atoms with van der Waals surface area (Å²) in [7, 11) is 0. The van der Waals surface area contributed by atoms with Crippen LogP contribution in [0.5, 0.6) is 0 Å². The fraction of sp³-hybridized carbons (Fsp3) is 0.900. The van der Waals surface area contributed by atoms with Crippen LogP contribution < -0.4 is 5.73 Å². The second kappa shape index (κ2) is 4.38. The summed E-state index contributed by atoms with van der Waals surface area (Å²) in [5.74, 6) is 0. The largest absolute Gasteiger partial charge is 0.392 e. The zero-order chi connectivity index (χ0) is 9.90. The van der Waals surface area contributed by atoms with Crippen molar-refractivity contribution in [3.63, 3.8) is 0 Å². The highest BCUT2D eigenvalue weighted by Crippen LogP contribution is 2.35. The first-order valence-corrected chi connectivity index (χ1v) is 5.63. The van der Waals surface area contributed by atoms with Crippen LogP contribution in [0.1, 0.15) is 39.5 Å².